The highest BCUT2D eigenvalue weighted by Crippen LogP contribution is 2.33. The molecule has 1 aliphatic heterocycles. The maximum atomic E-state index is 13.5. The average Bonchev–Trinajstić information content (AvgIpc) is 3.48. The summed E-state index contributed by atoms with van der Waals surface area (Å²) in [5.41, 5.74) is -0.282. The molecule has 3 rings (SSSR count). The number of amides is 2. The van der Waals surface area contributed by atoms with Crippen LogP contribution in [0.1, 0.15) is 25.7 Å². The molecule has 0 atom stereocenters. The molecule has 10 heteroatoms. The molecule has 0 unspecified atom stereocenters. The Balaban J connectivity index is 1.43. The van der Waals surface area contributed by atoms with Gasteiger partial charge in [0, 0.05) is 25.7 Å². The van der Waals surface area contributed by atoms with Crippen LogP contribution in [0.5, 0.6) is 0 Å². The third-order valence-electron chi connectivity index (χ3n) is 4.82. The van der Waals surface area contributed by atoms with Gasteiger partial charge in [-0.25, -0.2) is 21.5 Å². The fourth-order valence-electron chi connectivity index (χ4n) is 3.03. The van der Waals surface area contributed by atoms with Crippen molar-refractivity contribution in [1.82, 2.24) is 9.62 Å². The molecule has 1 aromatic rings. The van der Waals surface area contributed by atoms with Gasteiger partial charge in [-0.3, -0.25) is 9.59 Å². The third-order valence-corrected chi connectivity index (χ3v) is 7.21. The van der Waals surface area contributed by atoms with Crippen molar-refractivity contribution in [3.05, 3.63) is 29.8 Å². The van der Waals surface area contributed by atoms with Crippen LogP contribution in [-0.4, -0.2) is 49.4 Å². The van der Waals surface area contributed by atoms with E-state index in [-0.39, 0.29) is 23.4 Å². The Morgan fingerprint density at radius 2 is 1.74 bits per heavy atom. The summed E-state index contributed by atoms with van der Waals surface area (Å²) in [7, 11) is -3.18. The van der Waals surface area contributed by atoms with Crippen LogP contribution in [0.25, 0.3) is 0 Å². The number of nitrogens with one attached hydrogen (secondary N) is 2. The van der Waals surface area contributed by atoms with E-state index < -0.39 is 33.5 Å². The first-order chi connectivity index (χ1) is 12.8. The van der Waals surface area contributed by atoms with Crippen LogP contribution in [-0.2, 0) is 19.6 Å². The van der Waals surface area contributed by atoms with Crippen molar-refractivity contribution in [1.29, 1.82) is 0 Å². The number of hydrogen-bond donors (Lipinski definition) is 2. The molecule has 7 nitrogen and oxygen atoms in total. The highest BCUT2D eigenvalue weighted by Gasteiger charge is 2.41. The molecule has 1 aromatic carbocycles. The van der Waals surface area contributed by atoms with Gasteiger partial charge in [0.1, 0.15) is 11.6 Å². The molecule has 0 aromatic heterocycles. The molecule has 2 N–H and O–H groups in total. The fraction of sp³-hybridized carbons (Fsp3) is 0.529. The summed E-state index contributed by atoms with van der Waals surface area (Å²) in [6.45, 7) is 1.05. The SMILES string of the molecule is O=C(NCC1CCN(S(=O)(=O)C2CC2)CC1)C(=O)Nc1ccc(F)cc1F. The Hall–Kier alpha value is -2.07. The lowest BCUT2D eigenvalue weighted by Crippen LogP contribution is -2.44. The van der Waals surface area contributed by atoms with Crippen molar-refractivity contribution in [3.63, 3.8) is 0 Å². The van der Waals surface area contributed by atoms with E-state index in [9.17, 15) is 26.8 Å². The number of carbonyl (C=O) groups excluding carboxylic acids is 2. The quantitative estimate of drug-likeness (QED) is 0.726. The summed E-state index contributed by atoms with van der Waals surface area (Å²) in [6, 6.07) is 2.61. The van der Waals surface area contributed by atoms with Crippen LogP contribution in [0.15, 0.2) is 18.2 Å². The largest absolute Gasteiger partial charge is 0.348 e. The van der Waals surface area contributed by atoms with E-state index in [4.69, 9.17) is 0 Å². The molecule has 0 radical (unpaired) electrons. The van der Waals surface area contributed by atoms with Gasteiger partial charge >= 0.3 is 11.8 Å². The second-order valence-corrected chi connectivity index (χ2v) is 9.09. The van der Waals surface area contributed by atoms with Gasteiger partial charge in [-0.1, -0.05) is 0 Å². The van der Waals surface area contributed by atoms with Gasteiger partial charge in [-0.2, -0.15) is 0 Å². The Morgan fingerprint density at radius 3 is 2.33 bits per heavy atom. The molecule has 0 spiro atoms. The maximum absolute atomic E-state index is 13.5. The molecular weight excluding hydrogens is 380 g/mol. The van der Waals surface area contributed by atoms with E-state index in [1.54, 1.807) is 0 Å². The van der Waals surface area contributed by atoms with Crippen molar-refractivity contribution in [3.8, 4) is 0 Å². The van der Waals surface area contributed by atoms with E-state index in [1.165, 1.54) is 4.31 Å². The highest BCUT2D eigenvalue weighted by molar-refractivity contribution is 7.90. The number of sulfonamides is 1. The van der Waals surface area contributed by atoms with Gasteiger partial charge in [-0.05, 0) is 43.7 Å². The molecule has 2 amide bonds. The molecule has 1 aliphatic carbocycles. The zero-order chi connectivity index (χ0) is 19.6. The van der Waals surface area contributed by atoms with Gasteiger partial charge in [0.15, 0.2) is 0 Å². The summed E-state index contributed by atoms with van der Waals surface area (Å²) in [5, 5.41) is 4.34. The van der Waals surface area contributed by atoms with Crippen LogP contribution in [0, 0.1) is 17.6 Å². The zero-order valence-corrected chi connectivity index (χ0v) is 15.4. The molecule has 2 fully saturated rings. The first-order valence-corrected chi connectivity index (χ1v) is 10.3. The standard InChI is InChI=1S/C17H21F2N3O4S/c18-12-1-4-15(14(19)9-12)21-17(24)16(23)20-10-11-5-7-22(8-6-11)27(25,26)13-2-3-13/h1,4,9,11,13H,2-3,5-8,10H2,(H,20,23)(H,21,24). The fourth-order valence-corrected chi connectivity index (χ4v) is 4.91. The second kappa shape index (κ2) is 7.89. The Kier molecular flexibility index (Phi) is 5.75. The van der Waals surface area contributed by atoms with Crippen molar-refractivity contribution in [2.24, 2.45) is 5.92 Å². The lowest BCUT2D eigenvalue weighted by atomic mass is 9.98. The molecule has 148 valence electrons. The van der Waals surface area contributed by atoms with Gasteiger partial charge in [0.2, 0.25) is 10.0 Å². The van der Waals surface area contributed by atoms with Crippen molar-refractivity contribution in [2.75, 3.05) is 25.0 Å². The van der Waals surface area contributed by atoms with Gasteiger partial charge < -0.3 is 10.6 Å². The summed E-state index contributed by atoms with van der Waals surface area (Å²) < 4.78 is 52.2. The molecular formula is C17H21F2N3O4S. The Morgan fingerprint density at radius 1 is 1.07 bits per heavy atom. The smallest absolute Gasteiger partial charge is 0.313 e. The monoisotopic (exact) mass is 401 g/mol. The summed E-state index contributed by atoms with van der Waals surface area (Å²) in [4.78, 5) is 23.7. The molecule has 1 saturated carbocycles. The van der Waals surface area contributed by atoms with Crippen molar-refractivity contribution < 1.29 is 26.8 Å². The molecule has 27 heavy (non-hydrogen) atoms. The van der Waals surface area contributed by atoms with Crippen LogP contribution in [0.3, 0.4) is 0 Å². The zero-order valence-electron chi connectivity index (χ0n) is 14.6. The number of rotatable bonds is 5. The number of nitrogens with zero attached hydrogens (tertiary/aromatic N) is 1. The lowest BCUT2D eigenvalue weighted by molar-refractivity contribution is -0.136. The first-order valence-electron chi connectivity index (χ1n) is 8.80. The number of piperidine rings is 1. The summed E-state index contributed by atoms with van der Waals surface area (Å²) in [5.74, 6) is -3.67. The third kappa shape index (κ3) is 4.81. The van der Waals surface area contributed by atoms with E-state index in [1.807, 2.05) is 0 Å². The number of carbonyl (C=O) groups is 2. The van der Waals surface area contributed by atoms with Crippen LogP contribution >= 0.6 is 0 Å². The number of anilines is 1. The molecule has 0 bridgehead atoms. The molecule has 1 saturated heterocycles. The number of halogens is 2. The van der Waals surface area contributed by atoms with E-state index in [0.29, 0.717) is 32.0 Å². The number of hydrogen-bond acceptors (Lipinski definition) is 4. The Labute approximate surface area is 156 Å². The topological polar surface area (TPSA) is 95.6 Å². The van der Waals surface area contributed by atoms with Gasteiger partial charge in [0.05, 0.1) is 10.9 Å². The lowest BCUT2D eigenvalue weighted by Gasteiger charge is -2.31. The predicted molar refractivity (Wildman–Crippen MR) is 94.2 cm³/mol. The van der Waals surface area contributed by atoms with E-state index in [0.717, 1.165) is 25.0 Å². The minimum Gasteiger partial charge on any atom is -0.348 e. The van der Waals surface area contributed by atoms with Crippen molar-refractivity contribution >= 4 is 27.5 Å². The van der Waals surface area contributed by atoms with Gasteiger partial charge in [0.25, 0.3) is 0 Å². The minimum atomic E-state index is -3.18. The first kappa shape index (κ1) is 19.7. The average molecular weight is 401 g/mol. The van der Waals surface area contributed by atoms with Crippen LogP contribution in [0.4, 0.5) is 14.5 Å². The number of benzene rings is 1. The molecule has 2 aliphatic rings. The van der Waals surface area contributed by atoms with Crippen LogP contribution in [0.2, 0.25) is 0 Å². The maximum Gasteiger partial charge on any atom is 0.313 e. The normalized spacial score (nSPS) is 18.9. The minimum absolute atomic E-state index is 0.0648. The Bertz CT molecular complexity index is 835. The van der Waals surface area contributed by atoms with Crippen molar-refractivity contribution in [2.45, 2.75) is 30.9 Å². The summed E-state index contributed by atoms with van der Waals surface area (Å²) in [6.07, 6.45) is 2.64. The van der Waals surface area contributed by atoms with Gasteiger partial charge in [-0.15, -0.1) is 0 Å². The second-order valence-electron chi connectivity index (χ2n) is 6.88. The van der Waals surface area contributed by atoms with Crippen LogP contribution < -0.4 is 10.6 Å². The van der Waals surface area contributed by atoms with E-state index in [2.05, 4.69) is 10.6 Å². The highest BCUT2D eigenvalue weighted by atomic mass is 32.2. The van der Waals surface area contributed by atoms with E-state index >= 15 is 0 Å². The molecule has 1 heterocycles. The summed E-state index contributed by atoms with van der Waals surface area (Å²) >= 11 is 0. The predicted octanol–water partition coefficient (Wildman–Crippen LogP) is 1.22.